The predicted molar refractivity (Wildman–Crippen MR) is 53.8 cm³/mol. The van der Waals surface area contributed by atoms with Crippen LogP contribution in [0.15, 0.2) is 29.3 Å². The van der Waals surface area contributed by atoms with Crippen LogP contribution in [0.4, 0.5) is 0 Å². The molecule has 0 radical (unpaired) electrons. The summed E-state index contributed by atoms with van der Waals surface area (Å²) in [5, 5.41) is 3.20. The Morgan fingerprint density at radius 2 is 2.00 bits per heavy atom. The number of hydrogen-bond donors (Lipinski definition) is 1. The summed E-state index contributed by atoms with van der Waals surface area (Å²) in [6, 6.07) is 0. The molecule has 1 N–H and O–H groups in total. The molecule has 0 unspecified atom stereocenters. The third-order valence-corrected chi connectivity index (χ3v) is 1.89. The van der Waals surface area contributed by atoms with Gasteiger partial charge in [0, 0.05) is 24.5 Å². The fourth-order valence-electron chi connectivity index (χ4n) is 1.22. The summed E-state index contributed by atoms with van der Waals surface area (Å²) in [5.74, 6) is 1.53. The maximum atomic E-state index is 5.32. The van der Waals surface area contributed by atoms with Gasteiger partial charge in [-0.2, -0.15) is 0 Å². The van der Waals surface area contributed by atoms with Crippen molar-refractivity contribution in [1.29, 1.82) is 0 Å². The van der Waals surface area contributed by atoms with E-state index in [9.17, 15) is 0 Å². The Bertz CT molecular complexity index is 412. The number of nitrogens with one attached hydrogen (secondary N) is 1. The summed E-state index contributed by atoms with van der Waals surface area (Å²) in [6.45, 7) is 3.20. The number of hydrogen-bond acceptors (Lipinski definition) is 5. The van der Waals surface area contributed by atoms with E-state index in [4.69, 9.17) is 4.42 Å². The van der Waals surface area contributed by atoms with Crippen molar-refractivity contribution in [2.75, 3.05) is 0 Å². The van der Waals surface area contributed by atoms with Crippen molar-refractivity contribution in [2.45, 2.75) is 20.0 Å². The second-order valence-electron chi connectivity index (χ2n) is 3.21. The van der Waals surface area contributed by atoms with Crippen LogP contribution in [0, 0.1) is 6.92 Å². The SMILES string of the molecule is Cc1cnc(CNCc2cncnc2)o1. The van der Waals surface area contributed by atoms with Crippen molar-refractivity contribution in [1.82, 2.24) is 20.3 Å². The van der Waals surface area contributed by atoms with Gasteiger partial charge in [-0.15, -0.1) is 0 Å². The fourth-order valence-corrected chi connectivity index (χ4v) is 1.22. The lowest BCUT2D eigenvalue weighted by Gasteiger charge is -2.00. The quantitative estimate of drug-likeness (QED) is 0.806. The summed E-state index contributed by atoms with van der Waals surface area (Å²) < 4.78 is 5.32. The molecule has 0 aromatic carbocycles. The van der Waals surface area contributed by atoms with Gasteiger partial charge in [0.2, 0.25) is 5.89 Å². The summed E-state index contributed by atoms with van der Waals surface area (Å²) in [6.07, 6.45) is 6.78. The minimum Gasteiger partial charge on any atom is -0.445 e. The van der Waals surface area contributed by atoms with Gasteiger partial charge in [-0.1, -0.05) is 0 Å². The molecule has 5 heteroatoms. The highest BCUT2D eigenvalue weighted by Gasteiger charge is 1.99. The fraction of sp³-hybridized carbons (Fsp3) is 0.300. The first-order chi connectivity index (χ1) is 7.34. The molecule has 0 bridgehead atoms. The molecule has 0 amide bonds. The summed E-state index contributed by atoms with van der Waals surface area (Å²) >= 11 is 0. The molecule has 0 atom stereocenters. The average molecular weight is 204 g/mol. The highest BCUT2D eigenvalue weighted by atomic mass is 16.4. The summed E-state index contributed by atoms with van der Waals surface area (Å²) in [4.78, 5) is 11.9. The lowest BCUT2D eigenvalue weighted by molar-refractivity contribution is 0.449. The number of aromatic nitrogens is 3. The lowest BCUT2D eigenvalue weighted by Crippen LogP contribution is -2.13. The Morgan fingerprint density at radius 1 is 1.20 bits per heavy atom. The molecule has 2 aromatic rings. The molecule has 15 heavy (non-hydrogen) atoms. The Hall–Kier alpha value is -1.75. The minimum atomic E-state index is 0.614. The topological polar surface area (TPSA) is 63.8 Å². The molecule has 0 saturated heterocycles. The van der Waals surface area contributed by atoms with Gasteiger partial charge >= 0.3 is 0 Å². The summed E-state index contributed by atoms with van der Waals surface area (Å²) in [5.41, 5.74) is 1.04. The zero-order valence-corrected chi connectivity index (χ0v) is 8.47. The zero-order chi connectivity index (χ0) is 10.5. The highest BCUT2D eigenvalue weighted by molar-refractivity contribution is 5.01. The van der Waals surface area contributed by atoms with E-state index in [1.807, 2.05) is 6.92 Å². The maximum Gasteiger partial charge on any atom is 0.208 e. The normalized spacial score (nSPS) is 10.5. The Balaban J connectivity index is 1.80. The molecule has 2 aromatic heterocycles. The molecule has 0 spiro atoms. The third-order valence-electron chi connectivity index (χ3n) is 1.89. The Kier molecular flexibility index (Phi) is 3.04. The highest BCUT2D eigenvalue weighted by Crippen LogP contribution is 2.01. The maximum absolute atomic E-state index is 5.32. The smallest absolute Gasteiger partial charge is 0.208 e. The lowest BCUT2D eigenvalue weighted by atomic mass is 10.3. The predicted octanol–water partition coefficient (Wildman–Crippen LogP) is 1.06. The van der Waals surface area contributed by atoms with Gasteiger partial charge in [-0.05, 0) is 6.92 Å². The molecule has 0 aliphatic heterocycles. The van der Waals surface area contributed by atoms with Gasteiger partial charge in [0.05, 0.1) is 12.7 Å². The van der Waals surface area contributed by atoms with Crippen LogP contribution in [0.2, 0.25) is 0 Å². The van der Waals surface area contributed by atoms with Crippen LogP contribution in [0.25, 0.3) is 0 Å². The van der Waals surface area contributed by atoms with Gasteiger partial charge in [-0.3, -0.25) is 0 Å². The number of nitrogens with zero attached hydrogens (tertiary/aromatic N) is 3. The average Bonchev–Trinajstić information content (AvgIpc) is 2.66. The van der Waals surface area contributed by atoms with E-state index in [0.29, 0.717) is 19.0 Å². The van der Waals surface area contributed by atoms with Gasteiger partial charge in [0.15, 0.2) is 0 Å². The largest absolute Gasteiger partial charge is 0.445 e. The molecule has 0 fully saturated rings. The molecule has 2 rings (SSSR count). The molecule has 0 saturated carbocycles. The van der Waals surface area contributed by atoms with Crippen molar-refractivity contribution >= 4 is 0 Å². The molecule has 78 valence electrons. The van der Waals surface area contributed by atoms with Crippen molar-refractivity contribution in [3.05, 3.63) is 42.1 Å². The van der Waals surface area contributed by atoms with E-state index < -0.39 is 0 Å². The molecule has 5 nitrogen and oxygen atoms in total. The first kappa shape index (κ1) is 9.79. The molecular formula is C10H12N4O. The number of rotatable bonds is 4. The first-order valence-corrected chi connectivity index (χ1v) is 4.70. The van der Waals surface area contributed by atoms with Gasteiger partial charge < -0.3 is 9.73 Å². The van der Waals surface area contributed by atoms with Crippen LogP contribution in [-0.4, -0.2) is 15.0 Å². The Morgan fingerprint density at radius 3 is 2.67 bits per heavy atom. The number of oxazole rings is 1. The second-order valence-corrected chi connectivity index (χ2v) is 3.21. The van der Waals surface area contributed by atoms with Crippen LogP contribution in [0.1, 0.15) is 17.2 Å². The monoisotopic (exact) mass is 204 g/mol. The molecule has 0 aliphatic rings. The van der Waals surface area contributed by atoms with E-state index in [2.05, 4.69) is 20.3 Å². The van der Waals surface area contributed by atoms with Gasteiger partial charge in [0.1, 0.15) is 12.1 Å². The van der Waals surface area contributed by atoms with E-state index in [1.54, 1.807) is 18.6 Å². The van der Waals surface area contributed by atoms with Crippen molar-refractivity contribution in [3.63, 3.8) is 0 Å². The van der Waals surface area contributed by atoms with Crippen molar-refractivity contribution in [2.24, 2.45) is 0 Å². The first-order valence-electron chi connectivity index (χ1n) is 4.70. The zero-order valence-electron chi connectivity index (χ0n) is 8.47. The number of aryl methyl sites for hydroxylation is 1. The summed E-state index contributed by atoms with van der Waals surface area (Å²) in [7, 11) is 0. The van der Waals surface area contributed by atoms with E-state index in [1.165, 1.54) is 6.33 Å². The van der Waals surface area contributed by atoms with Gasteiger partial charge in [0.25, 0.3) is 0 Å². The van der Waals surface area contributed by atoms with Crippen LogP contribution < -0.4 is 5.32 Å². The Labute approximate surface area is 87.6 Å². The van der Waals surface area contributed by atoms with Crippen LogP contribution in [-0.2, 0) is 13.1 Å². The van der Waals surface area contributed by atoms with Crippen LogP contribution >= 0.6 is 0 Å². The van der Waals surface area contributed by atoms with Gasteiger partial charge in [-0.25, -0.2) is 15.0 Å². The third kappa shape index (κ3) is 2.85. The van der Waals surface area contributed by atoms with E-state index in [0.717, 1.165) is 11.3 Å². The molecule has 0 aliphatic carbocycles. The van der Waals surface area contributed by atoms with Crippen LogP contribution in [0.5, 0.6) is 0 Å². The molecular weight excluding hydrogens is 192 g/mol. The minimum absolute atomic E-state index is 0.614. The van der Waals surface area contributed by atoms with E-state index >= 15 is 0 Å². The molecule has 2 heterocycles. The standard InChI is InChI=1S/C10H12N4O/c1-8-2-14-10(15-8)6-11-3-9-4-12-7-13-5-9/h2,4-5,7,11H,3,6H2,1H3. The van der Waals surface area contributed by atoms with Crippen molar-refractivity contribution < 1.29 is 4.42 Å². The van der Waals surface area contributed by atoms with Crippen molar-refractivity contribution in [3.8, 4) is 0 Å². The van der Waals surface area contributed by atoms with Crippen LogP contribution in [0.3, 0.4) is 0 Å². The second kappa shape index (κ2) is 4.65. The van der Waals surface area contributed by atoms with E-state index in [-0.39, 0.29) is 0 Å².